The van der Waals surface area contributed by atoms with Crippen LogP contribution < -0.4 is 0 Å². The van der Waals surface area contributed by atoms with Gasteiger partial charge in [0, 0.05) is 10.6 Å². The number of hydrogen-bond donors (Lipinski definition) is 1. The Bertz CT molecular complexity index is 918. The van der Waals surface area contributed by atoms with E-state index in [1.807, 2.05) is 0 Å². The largest absolute Gasteiger partial charge is 0.508 e. The summed E-state index contributed by atoms with van der Waals surface area (Å²) in [6.45, 7) is -0.0957. The van der Waals surface area contributed by atoms with Crippen molar-refractivity contribution in [3.63, 3.8) is 0 Å². The van der Waals surface area contributed by atoms with Gasteiger partial charge in [0.05, 0.1) is 17.7 Å². The van der Waals surface area contributed by atoms with E-state index in [1.165, 1.54) is 18.2 Å². The molecule has 0 aliphatic carbocycles. The third kappa shape index (κ3) is 3.97. The van der Waals surface area contributed by atoms with Gasteiger partial charge in [0.2, 0.25) is 12.1 Å². The average Bonchev–Trinajstić information content (AvgIpc) is 3.00. The molecule has 3 rings (SSSR count). The number of phenols is 1. The standard InChI is InChI=1S/C17H11ClF4N2O3/c18-11-2-4-14(26)9(5-11)7-24-15(8-25)27-16(23-24)12-3-1-10(6-13(12)19)17(20,21)22/h1-6,8,15,26H,7H2. The Kier molecular flexibility index (Phi) is 4.97. The molecule has 1 atom stereocenters. The van der Waals surface area contributed by atoms with Gasteiger partial charge in [-0.3, -0.25) is 4.79 Å². The van der Waals surface area contributed by atoms with E-state index in [1.54, 1.807) is 0 Å². The fourth-order valence-electron chi connectivity index (χ4n) is 2.43. The zero-order valence-corrected chi connectivity index (χ0v) is 14.1. The topological polar surface area (TPSA) is 62.1 Å². The molecular weight excluding hydrogens is 392 g/mol. The first kappa shape index (κ1) is 19.0. The number of hydrazone groups is 1. The molecule has 1 unspecified atom stereocenters. The summed E-state index contributed by atoms with van der Waals surface area (Å²) in [5, 5.41) is 15.3. The Morgan fingerprint density at radius 3 is 2.63 bits per heavy atom. The molecule has 0 radical (unpaired) electrons. The van der Waals surface area contributed by atoms with E-state index >= 15 is 0 Å². The lowest BCUT2D eigenvalue weighted by molar-refractivity contribution is -0.137. The summed E-state index contributed by atoms with van der Waals surface area (Å²) in [6, 6.07) is 6.15. The molecule has 2 aromatic carbocycles. The summed E-state index contributed by atoms with van der Waals surface area (Å²) in [6.07, 6.45) is -5.54. The van der Waals surface area contributed by atoms with Crippen molar-refractivity contribution in [2.24, 2.45) is 5.10 Å². The van der Waals surface area contributed by atoms with E-state index in [0.717, 1.165) is 11.1 Å². The summed E-state index contributed by atoms with van der Waals surface area (Å²) in [7, 11) is 0. The van der Waals surface area contributed by atoms with Gasteiger partial charge in [0.25, 0.3) is 0 Å². The Morgan fingerprint density at radius 1 is 1.26 bits per heavy atom. The van der Waals surface area contributed by atoms with Crippen molar-refractivity contribution in [2.75, 3.05) is 0 Å². The lowest BCUT2D eigenvalue weighted by Gasteiger charge is -2.17. The van der Waals surface area contributed by atoms with E-state index in [9.17, 15) is 27.5 Å². The number of carbonyl (C=O) groups excluding carboxylic acids is 1. The zero-order chi connectivity index (χ0) is 19.8. The summed E-state index contributed by atoms with van der Waals surface area (Å²) in [4.78, 5) is 11.2. The van der Waals surface area contributed by atoms with Crippen molar-refractivity contribution in [1.29, 1.82) is 0 Å². The minimum atomic E-state index is -4.70. The molecular formula is C17H11ClF4N2O3. The van der Waals surface area contributed by atoms with Gasteiger partial charge < -0.3 is 9.84 Å². The van der Waals surface area contributed by atoms with Crippen molar-refractivity contribution < 1.29 is 32.2 Å². The summed E-state index contributed by atoms with van der Waals surface area (Å²) in [5.74, 6) is -1.64. The van der Waals surface area contributed by atoms with Gasteiger partial charge in [-0.05, 0) is 36.4 Å². The average molecular weight is 403 g/mol. The van der Waals surface area contributed by atoms with Gasteiger partial charge in [0.15, 0.2) is 6.29 Å². The maximum atomic E-state index is 14.1. The summed E-state index contributed by atoms with van der Waals surface area (Å²) < 4.78 is 57.3. The molecule has 1 aliphatic heterocycles. The number of alkyl halides is 3. The lowest BCUT2D eigenvalue weighted by atomic mass is 10.1. The van der Waals surface area contributed by atoms with Gasteiger partial charge in [-0.2, -0.15) is 13.2 Å². The van der Waals surface area contributed by atoms with Crippen LogP contribution in [0.4, 0.5) is 17.6 Å². The summed E-state index contributed by atoms with van der Waals surface area (Å²) >= 11 is 5.86. The molecule has 0 fully saturated rings. The van der Waals surface area contributed by atoms with Crippen molar-refractivity contribution >= 4 is 23.8 Å². The number of carbonyl (C=O) groups is 1. The highest BCUT2D eigenvalue weighted by atomic mass is 35.5. The van der Waals surface area contributed by atoms with Crippen LogP contribution in [0.5, 0.6) is 5.75 Å². The van der Waals surface area contributed by atoms with E-state index in [-0.39, 0.29) is 23.8 Å². The molecule has 0 spiro atoms. The van der Waals surface area contributed by atoms with Crippen LogP contribution in [0.1, 0.15) is 16.7 Å². The first-order valence-electron chi connectivity index (χ1n) is 7.51. The Morgan fingerprint density at radius 2 is 2.00 bits per heavy atom. The highest BCUT2D eigenvalue weighted by Crippen LogP contribution is 2.31. The molecule has 0 aromatic heterocycles. The van der Waals surface area contributed by atoms with Crippen LogP contribution in [0, 0.1) is 5.82 Å². The SMILES string of the molecule is O=CC1OC(c2ccc(C(F)(F)F)cc2F)=NN1Cc1cc(Cl)ccc1O. The first-order chi connectivity index (χ1) is 12.7. The number of hydrogen-bond acceptors (Lipinski definition) is 5. The monoisotopic (exact) mass is 402 g/mol. The van der Waals surface area contributed by atoms with Crippen LogP contribution in [0.3, 0.4) is 0 Å². The molecule has 10 heteroatoms. The molecule has 5 nitrogen and oxygen atoms in total. The van der Waals surface area contributed by atoms with Gasteiger partial charge >= 0.3 is 6.18 Å². The second kappa shape index (κ2) is 7.07. The molecule has 0 bridgehead atoms. The number of aromatic hydroxyl groups is 1. The van der Waals surface area contributed by atoms with Crippen molar-refractivity contribution in [2.45, 2.75) is 18.9 Å². The third-order valence-electron chi connectivity index (χ3n) is 3.76. The lowest BCUT2D eigenvalue weighted by Crippen LogP contribution is -2.29. The smallest absolute Gasteiger partial charge is 0.416 e. The predicted molar refractivity (Wildman–Crippen MR) is 87.5 cm³/mol. The van der Waals surface area contributed by atoms with Gasteiger partial charge in [-0.25, -0.2) is 9.40 Å². The molecule has 142 valence electrons. The highest BCUT2D eigenvalue weighted by molar-refractivity contribution is 6.30. The summed E-state index contributed by atoms with van der Waals surface area (Å²) in [5.41, 5.74) is -1.15. The van der Waals surface area contributed by atoms with Crippen LogP contribution in [0.2, 0.25) is 5.02 Å². The minimum absolute atomic E-state index is 0.0957. The van der Waals surface area contributed by atoms with Crippen LogP contribution in [0.25, 0.3) is 0 Å². The van der Waals surface area contributed by atoms with Crippen LogP contribution in [-0.4, -0.2) is 28.5 Å². The molecule has 27 heavy (non-hydrogen) atoms. The molecule has 1 aliphatic rings. The number of rotatable bonds is 4. The number of phenolic OH excluding ortho intramolecular Hbond substituents is 1. The minimum Gasteiger partial charge on any atom is -0.508 e. The second-order valence-electron chi connectivity index (χ2n) is 5.61. The third-order valence-corrected chi connectivity index (χ3v) is 4.00. The normalized spacial score (nSPS) is 16.9. The molecule has 2 aromatic rings. The number of benzene rings is 2. The molecule has 0 saturated carbocycles. The fourth-order valence-corrected chi connectivity index (χ4v) is 2.63. The van der Waals surface area contributed by atoms with Crippen LogP contribution >= 0.6 is 11.6 Å². The molecule has 0 amide bonds. The van der Waals surface area contributed by atoms with E-state index in [0.29, 0.717) is 29.0 Å². The second-order valence-corrected chi connectivity index (χ2v) is 6.05. The quantitative estimate of drug-likeness (QED) is 0.622. The maximum absolute atomic E-state index is 14.1. The van der Waals surface area contributed by atoms with Crippen LogP contribution in [-0.2, 0) is 22.3 Å². The maximum Gasteiger partial charge on any atom is 0.416 e. The van der Waals surface area contributed by atoms with Crippen molar-refractivity contribution in [3.05, 3.63) is 63.9 Å². The predicted octanol–water partition coefficient (Wildman–Crippen LogP) is 3.92. The number of nitrogens with zero attached hydrogens (tertiary/aromatic N) is 2. The van der Waals surface area contributed by atoms with E-state index in [4.69, 9.17) is 16.3 Å². The Labute approximate surface area is 155 Å². The van der Waals surface area contributed by atoms with Crippen molar-refractivity contribution in [1.82, 2.24) is 5.01 Å². The number of halogens is 5. The van der Waals surface area contributed by atoms with E-state index in [2.05, 4.69) is 5.10 Å². The zero-order valence-electron chi connectivity index (χ0n) is 13.4. The Balaban J connectivity index is 1.90. The van der Waals surface area contributed by atoms with Crippen LogP contribution in [0.15, 0.2) is 41.5 Å². The first-order valence-corrected chi connectivity index (χ1v) is 7.88. The van der Waals surface area contributed by atoms with E-state index < -0.39 is 23.8 Å². The Hall–Kier alpha value is -2.81. The number of aldehydes is 1. The fraction of sp³-hybridized carbons (Fsp3) is 0.176. The number of ether oxygens (including phenoxy) is 1. The molecule has 1 heterocycles. The molecule has 1 N–H and O–H groups in total. The highest BCUT2D eigenvalue weighted by Gasteiger charge is 2.34. The van der Waals surface area contributed by atoms with Gasteiger partial charge in [-0.15, -0.1) is 5.10 Å². The van der Waals surface area contributed by atoms with Gasteiger partial charge in [0.1, 0.15) is 11.6 Å². The molecule has 0 saturated heterocycles. The van der Waals surface area contributed by atoms with Crippen molar-refractivity contribution in [3.8, 4) is 5.75 Å². The van der Waals surface area contributed by atoms with Gasteiger partial charge in [-0.1, -0.05) is 11.6 Å².